The largest absolute Gasteiger partial charge is 0.493 e. The minimum absolute atomic E-state index is 0.238. The summed E-state index contributed by atoms with van der Waals surface area (Å²) in [6.45, 7) is 2.90. The van der Waals surface area contributed by atoms with Gasteiger partial charge in [-0.3, -0.25) is 4.79 Å². The van der Waals surface area contributed by atoms with E-state index in [0.29, 0.717) is 12.2 Å². The van der Waals surface area contributed by atoms with E-state index in [1.165, 1.54) is 32.1 Å². The number of unbranched alkanes of at least 4 members (excludes halogenated alkanes) is 5. The van der Waals surface area contributed by atoms with Gasteiger partial charge >= 0.3 is 0 Å². The highest BCUT2D eigenvalue weighted by Crippen LogP contribution is 2.22. The van der Waals surface area contributed by atoms with Crippen LogP contribution in [0.4, 0.5) is 0 Å². The Labute approximate surface area is 192 Å². The maximum absolute atomic E-state index is 12.7. The van der Waals surface area contributed by atoms with Gasteiger partial charge in [0.2, 0.25) is 0 Å². The SMILES string of the molecule is CCCCCCCCOc1ccc(Br)cc1/C=N/NC(=O)c1cccc2ccccc12. The third kappa shape index (κ3) is 6.93. The molecule has 3 aromatic rings. The lowest BCUT2D eigenvalue weighted by Crippen LogP contribution is -2.18. The first kappa shape index (κ1) is 23.0. The Morgan fingerprint density at radius 2 is 1.77 bits per heavy atom. The molecule has 1 N–H and O–H groups in total. The molecule has 5 heteroatoms. The zero-order chi connectivity index (χ0) is 21.9. The molecule has 0 spiro atoms. The highest BCUT2D eigenvalue weighted by molar-refractivity contribution is 9.10. The van der Waals surface area contributed by atoms with Crippen molar-refractivity contribution in [2.24, 2.45) is 5.10 Å². The Balaban J connectivity index is 1.59. The summed E-state index contributed by atoms with van der Waals surface area (Å²) in [4.78, 5) is 12.7. The number of carbonyl (C=O) groups excluding carboxylic acids is 1. The van der Waals surface area contributed by atoms with Gasteiger partial charge in [-0.15, -0.1) is 0 Å². The molecular weight excluding hydrogens is 452 g/mol. The van der Waals surface area contributed by atoms with E-state index in [0.717, 1.165) is 33.0 Å². The topological polar surface area (TPSA) is 50.7 Å². The maximum Gasteiger partial charge on any atom is 0.271 e. The van der Waals surface area contributed by atoms with E-state index in [2.05, 4.69) is 33.4 Å². The fourth-order valence-corrected chi connectivity index (χ4v) is 3.84. The van der Waals surface area contributed by atoms with Crippen molar-refractivity contribution >= 4 is 38.8 Å². The number of ether oxygens (including phenoxy) is 1. The van der Waals surface area contributed by atoms with E-state index in [1.807, 2.05) is 54.6 Å². The molecule has 0 heterocycles. The quantitative estimate of drug-likeness (QED) is 0.180. The summed E-state index contributed by atoms with van der Waals surface area (Å²) in [7, 11) is 0. The van der Waals surface area contributed by atoms with Crippen LogP contribution in [0.2, 0.25) is 0 Å². The molecule has 0 aliphatic heterocycles. The number of hydrogen-bond donors (Lipinski definition) is 1. The van der Waals surface area contributed by atoms with Crippen LogP contribution in [-0.2, 0) is 0 Å². The molecule has 0 saturated heterocycles. The van der Waals surface area contributed by atoms with Gasteiger partial charge in [-0.1, -0.05) is 91.4 Å². The molecular formula is C26H29BrN2O2. The molecule has 0 fully saturated rings. The first-order valence-corrected chi connectivity index (χ1v) is 11.7. The van der Waals surface area contributed by atoms with Gasteiger partial charge in [-0.05, 0) is 41.5 Å². The molecule has 31 heavy (non-hydrogen) atoms. The van der Waals surface area contributed by atoms with Crippen LogP contribution in [0.3, 0.4) is 0 Å². The minimum Gasteiger partial charge on any atom is -0.493 e. The Kier molecular flexibility index (Phi) is 9.10. The van der Waals surface area contributed by atoms with Gasteiger partial charge in [0.05, 0.1) is 12.8 Å². The number of nitrogens with one attached hydrogen (secondary N) is 1. The maximum atomic E-state index is 12.7. The van der Waals surface area contributed by atoms with Crippen molar-refractivity contribution in [2.45, 2.75) is 45.4 Å². The monoisotopic (exact) mass is 480 g/mol. The lowest BCUT2D eigenvalue weighted by atomic mass is 10.0. The van der Waals surface area contributed by atoms with Crippen LogP contribution in [0, 0.1) is 0 Å². The zero-order valence-corrected chi connectivity index (χ0v) is 19.5. The lowest BCUT2D eigenvalue weighted by molar-refractivity contribution is 0.0957. The van der Waals surface area contributed by atoms with Gasteiger partial charge in [-0.25, -0.2) is 5.43 Å². The predicted molar refractivity (Wildman–Crippen MR) is 132 cm³/mol. The predicted octanol–water partition coefficient (Wildman–Crippen LogP) is 7.11. The van der Waals surface area contributed by atoms with E-state index in [9.17, 15) is 4.79 Å². The normalized spacial score (nSPS) is 11.2. The van der Waals surface area contributed by atoms with Gasteiger partial charge in [0, 0.05) is 15.6 Å². The zero-order valence-electron chi connectivity index (χ0n) is 17.9. The molecule has 0 bridgehead atoms. The third-order valence-corrected chi connectivity index (χ3v) is 5.62. The molecule has 3 rings (SSSR count). The van der Waals surface area contributed by atoms with Gasteiger partial charge in [-0.2, -0.15) is 5.10 Å². The average molecular weight is 481 g/mol. The summed E-state index contributed by atoms with van der Waals surface area (Å²) in [5, 5.41) is 6.11. The summed E-state index contributed by atoms with van der Waals surface area (Å²) in [5.74, 6) is 0.525. The van der Waals surface area contributed by atoms with Crippen LogP contribution in [0.1, 0.15) is 61.4 Å². The van der Waals surface area contributed by atoms with E-state index >= 15 is 0 Å². The molecule has 0 aliphatic carbocycles. The van der Waals surface area contributed by atoms with Crippen LogP contribution in [-0.4, -0.2) is 18.7 Å². The van der Waals surface area contributed by atoms with Gasteiger partial charge in [0.15, 0.2) is 0 Å². The van der Waals surface area contributed by atoms with Crippen LogP contribution in [0.25, 0.3) is 10.8 Å². The van der Waals surface area contributed by atoms with Crippen molar-refractivity contribution in [3.8, 4) is 5.75 Å². The Hall–Kier alpha value is -2.66. The highest BCUT2D eigenvalue weighted by atomic mass is 79.9. The molecule has 0 aromatic heterocycles. The second-order valence-corrected chi connectivity index (χ2v) is 8.44. The van der Waals surface area contributed by atoms with E-state index in [1.54, 1.807) is 12.3 Å². The second kappa shape index (κ2) is 12.3. The molecule has 0 saturated carbocycles. The van der Waals surface area contributed by atoms with Crippen molar-refractivity contribution in [2.75, 3.05) is 6.61 Å². The summed E-state index contributed by atoms with van der Waals surface area (Å²) < 4.78 is 6.91. The molecule has 162 valence electrons. The summed E-state index contributed by atoms with van der Waals surface area (Å²) >= 11 is 3.49. The van der Waals surface area contributed by atoms with Crippen LogP contribution in [0.5, 0.6) is 5.75 Å². The van der Waals surface area contributed by atoms with Crippen molar-refractivity contribution in [3.63, 3.8) is 0 Å². The van der Waals surface area contributed by atoms with Crippen molar-refractivity contribution in [3.05, 3.63) is 76.3 Å². The Bertz CT molecular complexity index is 1030. The number of carbonyl (C=O) groups is 1. The molecule has 0 aliphatic rings. The van der Waals surface area contributed by atoms with Crippen LogP contribution in [0.15, 0.2) is 70.2 Å². The van der Waals surface area contributed by atoms with Crippen LogP contribution < -0.4 is 10.2 Å². The fraction of sp³-hybridized carbons (Fsp3) is 0.308. The Morgan fingerprint density at radius 1 is 1.00 bits per heavy atom. The molecule has 0 radical (unpaired) electrons. The van der Waals surface area contributed by atoms with Gasteiger partial charge < -0.3 is 4.74 Å². The number of amides is 1. The summed E-state index contributed by atoms with van der Waals surface area (Å²) in [5.41, 5.74) is 4.06. The molecule has 0 unspecified atom stereocenters. The second-order valence-electron chi connectivity index (χ2n) is 7.52. The fourth-order valence-electron chi connectivity index (χ4n) is 3.46. The summed E-state index contributed by atoms with van der Waals surface area (Å²) in [6.07, 6.45) is 8.96. The number of hydrogen-bond acceptors (Lipinski definition) is 3. The highest BCUT2D eigenvalue weighted by Gasteiger charge is 2.09. The van der Waals surface area contributed by atoms with Crippen molar-refractivity contribution in [1.82, 2.24) is 5.43 Å². The lowest BCUT2D eigenvalue weighted by Gasteiger charge is -2.10. The smallest absolute Gasteiger partial charge is 0.271 e. The van der Waals surface area contributed by atoms with Gasteiger partial charge in [0.25, 0.3) is 5.91 Å². The number of benzene rings is 3. The third-order valence-electron chi connectivity index (χ3n) is 5.13. The van der Waals surface area contributed by atoms with E-state index in [-0.39, 0.29) is 5.91 Å². The molecule has 0 atom stereocenters. The minimum atomic E-state index is -0.238. The van der Waals surface area contributed by atoms with Gasteiger partial charge in [0.1, 0.15) is 5.75 Å². The number of rotatable bonds is 11. The number of nitrogens with zero attached hydrogens (tertiary/aromatic N) is 1. The van der Waals surface area contributed by atoms with E-state index in [4.69, 9.17) is 4.74 Å². The molecule has 1 amide bonds. The first-order chi connectivity index (χ1) is 15.2. The number of hydrazone groups is 1. The standard InChI is InChI=1S/C26H29BrN2O2/c1-2-3-4-5-6-9-17-31-25-16-15-22(27)18-21(25)19-28-29-26(30)24-14-10-12-20-11-7-8-13-23(20)24/h7-8,10-16,18-19H,2-6,9,17H2,1H3,(H,29,30)/b28-19+. The van der Waals surface area contributed by atoms with Crippen LogP contribution >= 0.6 is 15.9 Å². The average Bonchev–Trinajstić information content (AvgIpc) is 2.79. The number of fused-ring (bicyclic) bond motifs is 1. The first-order valence-electron chi connectivity index (χ1n) is 10.9. The van der Waals surface area contributed by atoms with Crippen molar-refractivity contribution in [1.29, 1.82) is 0 Å². The van der Waals surface area contributed by atoms with Crippen molar-refractivity contribution < 1.29 is 9.53 Å². The summed E-state index contributed by atoms with van der Waals surface area (Å²) in [6, 6.07) is 19.3. The number of halogens is 1. The molecule has 4 nitrogen and oxygen atoms in total. The Morgan fingerprint density at radius 3 is 2.65 bits per heavy atom. The van der Waals surface area contributed by atoms with E-state index < -0.39 is 0 Å². The molecule has 3 aromatic carbocycles.